The predicted molar refractivity (Wildman–Crippen MR) is 72.7 cm³/mol. The molecule has 76 valence electrons. The molecule has 2 aromatic rings. The van der Waals surface area contributed by atoms with E-state index in [1.165, 1.54) is 10.6 Å². The molecule has 0 aliphatic carbocycles. The first-order valence-corrected chi connectivity index (χ1v) is 7.40. The number of halogens is 1. The molecular weight excluding hydrogens is 267 g/mol. The molecule has 2 aromatic carbocycles. The van der Waals surface area contributed by atoms with Crippen molar-refractivity contribution in [2.24, 2.45) is 0 Å². The lowest BCUT2D eigenvalue weighted by atomic mass is 10.4. The molecule has 0 nitrogen and oxygen atoms in total. The molecule has 0 saturated carbocycles. The molecule has 0 saturated heterocycles. The Morgan fingerprint density at radius 3 is 2.20 bits per heavy atom. The minimum absolute atomic E-state index is 0.217. The van der Waals surface area contributed by atoms with Gasteiger partial charge in [-0.1, -0.05) is 58.4 Å². The van der Waals surface area contributed by atoms with E-state index in [1.807, 2.05) is 0 Å². The Morgan fingerprint density at radius 1 is 0.867 bits per heavy atom. The van der Waals surface area contributed by atoms with Crippen molar-refractivity contribution < 1.29 is 0 Å². The van der Waals surface area contributed by atoms with Crippen molar-refractivity contribution in [3.05, 3.63) is 59.1 Å². The minimum atomic E-state index is -0.217. The van der Waals surface area contributed by atoms with Crippen LogP contribution in [0.5, 0.6) is 0 Å². The van der Waals surface area contributed by atoms with Crippen LogP contribution in [-0.4, -0.2) is 6.66 Å². The first-order valence-electron chi connectivity index (χ1n) is 4.82. The summed E-state index contributed by atoms with van der Waals surface area (Å²) in [5, 5.41) is 2.83. The third kappa shape index (κ3) is 2.68. The predicted octanol–water partition coefficient (Wildman–Crippen LogP) is 3.51. The van der Waals surface area contributed by atoms with Crippen LogP contribution in [0, 0.1) is 0 Å². The molecule has 0 amide bonds. The van der Waals surface area contributed by atoms with E-state index in [4.69, 9.17) is 0 Å². The van der Waals surface area contributed by atoms with Gasteiger partial charge in [0.1, 0.15) is 0 Å². The number of hydrogen-bond acceptors (Lipinski definition) is 0. The summed E-state index contributed by atoms with van der Waals surface area (Å²) in [6.07, 6.45) is 0. The van der Waals surface area contributed by atoms with Gasteiger partial charge >= 0.3 is 0 Å². The molecule has 0 spiro atoms. The summed E-state index contributed by atoms with van der Waals surface area (Å²) < 4.78 is 1.16. The van der Waals surface area contributed by atoms with E-state index in [9.17, 15) is 0 Å². The van der Waals surface area contributed by atoms with Crippen LogP contribution >= 0.6 is 23.9 Å². The Morgan fingerprint density at radius 2 is 1.53 bits per heavy atom. The summed E-state index contributed by atoms with van der Waals surface area (Å²) >= 11 is 3.51. The fourth-order valence-corrected chi connectivity index (χ4v) is 3.62. The molecule has 0 heterocycles. The van der Waals surface area contributed by atoms with Crippen LogP contribution in [0.15, 0.2) is 59.1 Å². The van der Waals surface area contributed by atoms with Crippen LogP contribution in [0.25, 0.3) is 0 Å². The van der Waals surface area contributed by atoms with Crippen molar-refractivity contribution in [3.63, 3.8) is 0 Å². The Hall–Kier alpha value is -0.650. The van der Waals surface area contributed by atoms with Gasteiger partial charge in [-0.25, -0.2) is 0 Å². The largest absolute Gasteiger partial charge is 0.0622 e. The van der Waals surface area contributed by atoms with Gasteiger partial charge in [0.15, 0.2) is 0 Å². The van der Waals surface area contributed by atoms with Crippen LogP contribution in [0.1, 0.15) is 0 Å². The highest BCUT2D eigenvalue weighted by Gasteiger charge is 2.06. The molecule has 15 heavy (non-hydrogen) atoms. The lowest BCUT2D eigenvalue weighted by Crippen LogP contribution is -2.09. The van der Waals surface area contributed by atoms with Crippen molar-refractivity contribution in [3.8, 4) is 0 Å². The quantitative estimate of drug-likeness (QED) is 0.738. The maximum Gasteiger partial charge on any atom is 0.0181 e. The van der Waals surface area contributed by atoms with Gasteiger partial charge in [-0.15, -0.1) is 0 Å². The molecule has 0 aliphatic rings. The minimum Gasteiger partial charge on any atom is -0.0622 e. The Balaban J connectivity index is 2.32. The van der Waals surface area contributed by atoms with Crippen LogP contribution in [-0.2, 0) is 0 Å². The van der Waals surface area contributed by atoms with Gasteiger partial charge < -0.3 is 0 Å². The molecule has 2 rings (SSSR count). The van der Waals surface area contributed by atoms with Gasteiger partial charge in [-0.3, -0.25) is 0 Å². The maximum absolute atomic E-state index is 3.51. The topological polar surface area (TPSA) is 0 Å². The van der Waals surface area contributed by atoms with E-state index in [0.717, 1.165) is 4.47 Å². The number of benzene rings is 2. The van der Waals surface area contributed by atoms with Crippen molar-refractivity contribution in [1.82, 2.24) is 0 Å². The Kier molecular flexibility index (Phi) is 3.56. The van der Waals surface area contributed by atoms with E-state index in [1.54, 1.807) is 0 Å². The van der Waals surface area contributed by atoms with E-state index in [-0.39, 0.29) is 7.92 Å². The zero-order chi connectivity index (χ0) is 10.7. The highest BCUT2D eigenvalue weighted by atomic mass is 79.9. The van der Waals surface area contributed by atoms with E-state index < -0.39 is 0 Å². The Bertz CT molecular complexity index is 439. The monoisotopic (exact) mass is 278 g/mol. The lowest BCUT2D eigenvalue weighted by Gasteiger charge is -2.12. The standard InChI is InChI=1S/C13H12BrP/c1-15(12-7-3-2-4-8-12)13-9-5-6-11(14)10-13/h2-10H,1H3. The van der Waals surface area contributed by atoms with Crippen molar-refractivity contribution in [1.29, 1.82) is 0 Å². The fraction of sp³-hybridized carbons (Fsp3) is 0.0769. The molecule has 0 radical (unpaired) electrons. The zero-order valence-corrected chi connectivity index (χ0v) is 11.0. The Labute approximate surface area is 100 Å². The van der Waals surface area contributed by atoms with Crippen molar-refractivity contribution in [2.45, 2.75) is 0 Å². The van der Waals surface area contributed by atoms with Crippen LogP contribution in [0.3, 0.4) is 0 Å². The van der Waals surface area contributed by atoms with Crippen LogP contribution in [0.4, 0.5) is 0 Å². The molecule has 0 N–H and O–H groups in total. The summed E-state index contributed by atoms with van der Waals surface area (Å²) in [5.74, 6) is 0. The smallest absolute Gasteiger partial charge is 0.0181 e. The summed E-state index contributed by atoms with van der Waals surface area (Å²) in [4.78, 5) is 0. The second kappa shape index (κ2) is 4.92. The lowest BCUT2D eigenvalue weighted by molar-refractivity contribution is 1.70. The van der Waals surface area contributed by atoms with Crippen molar-refractivity contribution >= 4 is 34.5 Å². The summed E-state index contributed by atoms with van der Waals surface area (Å²) in [6.45, 7) is 2.30. The fourth-order valence-electron chi connectivity index (χ4n) is 1.49. The molecule has 0 bridgehead atoms. The highest BCUT2D eigenvalue weighted by Crippen LogP contribution is 2.29. The third-order valence-corrected chi connectivity index (χ3v) is 4.96. The molecular formula is C13H12BrP. The van der Waals surface area contributed by atoms with Crippen LogP contribution in [0.2, 0.25) is 0 Å². The second-order valence-corrected chi connectivity index (χ2v) is 6.44. The molecule has 0 aliphatic heterocycles. The molecule has 1 atom stereocenters. The zero-order valence-electron chi connectivity index (χ0n) is 8.52. The number of rotatable bonds is 2. The van der Waals surface area contributed by atoms with E-state index in [2.05, 4.69) is 77.2 Å². The van der Waals surface area contributed by atoms with Gasteiger partial charge in [0.25, 0.3) is 0 Å². The first-order chi connectivity index (χ1) is 7.27. The summed E-state index contributed by atoms with van der Waals surface area (Å²) in [6, 6.07) is 19.2. The molecule has 1 unspecified atom stereocenters. The average molecular weight is 279 g/mol. The van der Waals surface area contributed by atoms with Gasteiger partial charge in [0.05, 0.1) is 0 Å². The molecule has 2 heteroatoms. The highest BCUT2D eigenvalue weighted by molar-refractivity contribution is 9.10. The second-order valence-electron chi connectivity index (χ2n) is 3.37. The first kappa shape index (κ1) is 10.9. The summed E-state index contributed by atoms with van der Waals surface area (Å²) in [5.41, 5.74) is 0. The van der Waals surface area contributed by atoms with E-state index >= 15 is 0 Å². The van der Waals surface area contributed by atoms with E-state index in [0.29, 0.717) is 0 Å². The summed E-state index contributed by atoms with van der Waals surface area (Å²) in [7, 11) is -0.217. The average Bonchev–Trinajstić information content (AvgIpc) is 2.29. The normalized spacial score (nSPS) is 12.4. The number of hydrogen-bond donors (Lipinski definition) is 0. The molecule has 0 aromatic heterocycles. The SMILES string of the molecule is CP(c1ccccc1)c1cccc(Br)c1. The van der Waals surface area contributed by atoms with Gasteiger partial charge in [0, 0.05) is 4.47 Å². The maximum atomic E-state index is 3.51. The van der Waals surface area contributed by atoms with Gasteiger partial charge in [0.2, 0.25) is 0 Å². The van der Waals surface area contributed by atoms with Gasteiger partial charge in [-0.05, 0) is 37.3 Å². The van der Waals surface area contributed by atoms with Crippen molar-refractivity contribution in [2.75, 3.05) is 6.66 Å². The van der Waals surface area contributed by atoms with Gasteiger partial charge in [-0.2, -0.15) is 0 Å². The molecule has 0 fully saturated rings. The van der Waals surface area contributed by atoms with Crippen LogP contribution < -0.4 is 10.6 Å². The third-order valence-electron chi connectivity index (χ3n) is 2.34.